The van der Waals surface area contributed by atoms with Crippen molar-refractivity contribution >= 4 is 12.0 Å². The Balaban J connectivity index is 2.27. The third-order valence-electron chi connectivity index (χ3n) is 2.91. The van der Waals surface area contributed by atoms with E-state index in [0.29, 0.717) is 5.82 Å². The van der Waals surface area contributed by atoms with Gasteiger partial charge >= 0.3 is 0 Å². The highest BCUT2D eigenvalue weighted by molar-refractivity contribution is 5.67. The van der Waals surface area contributed by atoms with Crippen LogP contribution in [0.15, 0.2) is 52.4 Å². The van der Waals surface area contributed by atoms with Crippen LogP contribution in [-0.4, -0.2) is 10.9 Å². The van der Waals surface area contributed by atoms with E-state index in [1.54, 1.807) is 12.3 Å². The van der Waals surface area contributed by atoms with Gasteiger partial charge in [-0.3, -0.25) is 4.79 Å². The molecule has 0 bridgehead atoms. The van der Waals surface area contributed by atoms with E-state index in [1.165, 1.54) is 10.7 Å². The molecule has 0 unspecified atom stereocenters. The number of nitrogens with zero attached hydrogens (tertiary/aromatic N) is 2. The summed E-state index contributed by atoms with van der Waals surface area (Å²) in [5.74, 6) is 0.468. The van der Waals surface area contributed by atoms with E-state index in [4.69, 9.17) is 5.73 Å². The van der Waals surface area contributed by atoms with Crippen LogP contribution in [0.25, 0.3) is 0 Å². The summed E-state index contributed by atoms with van der Waals surface area (Å²) in [6.45, 7) is 3.85. The summed E-state index contributed by atoms with van der Waals surface area (Å²) in [7, 11) is 0. The number of nitrogen functional groups attached to an aromatic ring is 1. The van der Waals surface area contributed by atoms with Crippen molar-refractivity contribution in [2.45, 2.75) is 19.8 Å². The number of aryl methyl sites for hydroxylation is 1. The Morgan fingerprint density at radius 2 is 1.95 bits per heavy atom. The van der Waals surface area contributed by atoms with Crippen LogP contribution in [0.2, 0.25) is 0 Å². The van der Waals surface area contributed by atoms with E-state index in [1.807, 2.05) is 44.2 Å². The van der Waals surface area contributed by atoms with Crippen molar-refractivity contribution in [2.24, 2.45) is 5.10 Å². The molecular formula is C15H17N3O. The molecule has 19 heavy (non-hydrogen) atoms. The SMILES string of the molecule is Cc1cc(N)n(/N=C\[C@H](C)c2ccccc2)c(=O)c1. The lowest BCUT2D eigenvalue weighted by Crippen LogP contribution is -2.19. The normalized spacial score (nSPS) is 12.7. The van der Waals surface area contributed by atoms with Crippen molar-refractivity contribution in [3.8, 4) is 0 Å². The molecule has 0 aliphatic rings. The first kappa shape index (κ1) is 13.1. The molecule has 4 heteroatoms. The summed E-state index contributed by atoms with van der Waals surface area (Å²) in [4.78, 5) is 11.8. The van der Waals surface area contributed by atoms with E-state index < -0.39 is 0 Å². The molecule has 0 aliphatic heterocycles. The average molecular weight is 255 g/mol. The molecule has 2 aromatic rings. The first-order valence-electron chi connectivity index (χ1n) is 6.16. The molecule has 0 amide bonds. The second kappa shape index (κ2) is 5.52. The van der Waals surface area contributed by atoms with Gasteiger partial charge in [0.1, 0.15) is 5.82 Å². The van der Waals surface area contributed by atoms with Crippen LogP contribution in [0.3, 0.4) is 0 Å². The summed E-state index contributed by atoms with van der Waals surface area (Å²) in [5.41, 5.74) is 7.56. The van der Waals surface area contributed by atoms with Gasteiger partial charge in [-0.1, -0.05) is 37.3 Å². The van der Waals surface area contributed by atoms with E-state index in [-0.39, 0.29) is 11.5 Å². The zero-order valence-electron chi connectivity index (χ0n) is 11.1. The van der Waals surface area contributed by atoms with Gasteiger partial charge in [-0.05, 0) is 24.1 Å². The fourth-order valence-electron chi connectivity index (χ4n) is 1.85. The lowest BCUT2D eigenvalue weighted by molar-refractivity contribution is 0.831. The van der Waals surface area contributed by atoms with Gasteiger partial charge in [-0.2, -0.15) is 9.78 Å². The molecule has 0 radical (unpaired) electrons. The first-order chi connectivity index (χ1) is 9.08. The zero-order valence-corrected chi connectivity index (χ0v) is 11.1. The monoisotopic (exact) mass is 255 g/mol. The van der Waals surface area contributed by atoms with Crippen molar-refractivity contribution in [1.82, 2.24) is 4.68 Å². The predicted molar refractivity (Wildman–Crippen MR) is 78.6 cm³/mol. The maximum atomic E-state index is 11.8. The van der Waals surface area contributed by atoms with Gasteiger partial charge in [-0.25, -0.2) is 0 Å². The molecule has 0 saturated carbocycles. The van der Waals surface area contributed by atoms with Gasteiger partial charge in [0, 0.05) is 18.2 Å². The van der Waals surface area contributed by atoms with Crippen LogP contribution in [0.1, 0.15) is 24.0 Å². The van der Waals surface area contributed by atoms with Crippen molar-refractivity contribution in [3.05, 3.63) is 63.9 Å². The van der Waals surface area contributed by atoms with Crippen molar-refractivity contribution < 1.29 is 0 Å². The van der Waals surface area contributed by atoms with Gasteiger partial charge in [-0.15, -0.1) is 0 Å². The summed E-state index contributed by atoms with van der Waals surface area (Å²) < 4.78 is 1.21. The number of anilines is 1. The lowest BCUT2D eigenvalue weighted by atomic mass is 10.0. The molecule has 0 aliphatic carbocycles. The summed E-state index contributed by atoms with van der Waals surface area (Å²) in [6.07, 6.45) is 1.72. The van der Waals surface area contributed by atoms with Crippen LogP contribution in [0.4, 0.5) is 5.82 Å². The zero-order chi connectivity index (χ0) is 13.8. The number of benzene rings is 1. The van der Waals surface area contributed by atoms with Crippen LogP contribution >= 0.6 is 0 Å². The maximum Gasteiger partial charge on any atom is 0.273 e. The van der Waals surface area contributed by atoms with Crippen LogP contribution in [0, 0.1) is 6.92 Å². The van der Waals surface area contributed by atoms with Crippen LogP contribution in [-0.2, 0) is 0 Å². The molecule has 98 valence electrons. The maximum absolute atomic E-state index is 11.8. The topological polar surface area (TPSA) is 60.4 Å². The number of aromatic nitrogens is 1. The minimum Gasteiger partial charge on any atom is -0.384 e. The molecule has 0 spiro atoms. The van der Waals surface area contributed by atoms with Crippen molar-refractivity contribution in [3.63, 3.8) is 0 Å². The Kier molecular flexibility index (Phi) is 3.80. The third kappa shape index (κ3) is 3.10. The van der Waals surface area contributed by atoms with E-state index >= 15 is 0 Å². The van der Waals surface area contributed by atoms with Crippen molar-refractivity contribution in [1.29, 1.82) is 0 Å². The largest absolute Gasteiger partial charge is 0.384 e. The van der Waals surface area contributed by atoms with E-state index in [0.717, 1.165) is 11.1 Å². The van der Waals surface area contributed by atoms with Gasteiger partial charge < -0.3 is 5.73 Å². The Morgan fingerprint density at radius 3 is 2.58 bits per heavy atom. The molecule has 2 rings (SSSR count). The Labute approximate surface area is 112 Å². The van der Waals surface area contributed by atoms with Gasteiger partial charge in [0.2, 0.25) is 0 Å². The highest BCUT2D eigenvalue weighted by Gasteiger charge is 2.03. The minimum absolute atomic E-state index is 0.119. The lowest BCUT2D eigenvalue weighted by Gasteiger charge is -2.07. The van der Waals surface area contributed by atoms with Crippen LogP contribution in [0.5, 0.6) is 0 Å². The smallest absolute Gasteiger partial charge is 0.273 e. The molecule has 0 fully saturated rings. The van der Waals surface area contributed by atoms with E-state index in [9.17, 15) is 4.79 Å². The van der Waals surface area contributed by atoms with Gasteiger partial charge in [0.15, 0.2) is 0 Å². The number of hydrogen-bond acceptors (Lipinski definition) is 3. The number of nitrogens with two attached hydrogens (primary N) is 1. The molecule has 1 aromatic carbocycles. The van der Waals surface area contributed by atoms with Gasteiger partial charge in [0.25, 0.3) is 5.56 Å². The predicted octanol–water partition coefficient (Wildman–Crippen LogP) is 2.38. The third-order valence-corrected chi connectivity index (χ3v) is 2.91. The second-order valence-corrected chi connectivity index (χ2v) is 4.57. The number of hydrogen-bond donors (Lipinski definition) is 1. The average Bonchev–Trinajstić information content (AvgIpc) is 2.38. The highest BCUT2D eigenvalue weighted by atomic mass is 16.1. The Hall–Kier alpha value is -2.36. The quantitative estimate of drug-likeness (QED) is 0.856. The summed E-state index contributed by atoms with van der Waals surface area (Å²) in [5, 5.41) is 4.18. The molecular weight excluding hydrogens is 238 g/mol. The molecule has 1 atom stereocenters. The fraction of sp³-hybridized carbons (Fsp3) is 0.200. The number of pyridine rings is 1. The fourth-order valence-corrected chi connectivity index (χ4v) is 1.85. The Bertz CT molecular complexity index is 644. The molecule has 1 aromatic heterocycles. The molecule has 2 N–H and O–H groups in total. The standard InChI is InChI=1S/C15H17N3O/c1-11-8-14(16)18(15(19)9-11)17-10-12(2)13-6-4-3-5-7-13/h3-10,12H,16H2,1-2H3/b17-10-/t12-/m0/s1. The number of rotatable bonds is 3. The highest BCUT2D eigenvalue weighted by Crippen LogP contribution is 2.12. The molecule has 0 saturated heterocycles. The summed E-state index contributed by atoms with van der Waals surface area (Å²) >= 11 is 0. The Morgan fingerprint density at radius 1 is 1.26 bits per heavy atom. The molecule has 1 heterocycles. The second-order valence-electron chi connectivity index (χ2n) is 4.57. The van der Waals surface area contributed by atoms with Gasteiger partial charge in [0.05, 0.1) is 0 Å². The minimum atomic E-state index is -0.214. The first-order valence-corrected chi connectivity index (χ1v) is 6.16. The van der Waals surface area contributed by atoms with E-state index in [2.05, 4.69) is 5.10 Å². The van der Waals surface area contributed by atoms with Crippen LogP contribution < -0.4 is 11.3 Å². The summed E-state index contributed by atoms with van der Waals surface area (Å²) in [6, 6.07) is 13.2. The molecule has 4 nitrogen and oxygen atoms in total. The van der Waals surface area contributed by atoms with Crippen molar-refractivity contribution in [2.75, 3.05) is 5.73 Å².